The van der Waals surface area contributed by atoms with Crippen LogP contribution in [-0.2, 0) is 12.3 Å². The first-order valence-corrected chi connectivity index (χ1v) is 11.3. The molecule has 0 saturated carbocycles. The van der Waals surface area contributed by atoms with Gasteiger partial charge in [-0.2, -0.15) is 8.78 Å². The zero-order chi connectivity index (χ0) is 22.5. The molecule has 1 aromatic heterocycles. The van der Waals surface area contributed by atoms with Crippen LogP contribution in [0.5, 0.6) is 5.75 Å². The van der Waals surface area contributed by atoms with Gasteiger partial charge in [-0.05, 0) is 56.3 Å². The van der Waals surface area contributed by atoms with Crippen molar-refractivity contribution in [2.45, 2.75) is 43.3 Å². The summed E-state index contributed by atoms with van der Waals surface area (Å²) in [5, 5.41) is 9.12. The summed E-state index contributed by atoms with van der Waals surface area (Å²) in [6.07, 6.45) is 3.44. The van der Waals surface area contributed by atoms with Crippen molar-refractivity contribution in [3.05, 3.63) is 65.5 Å². The van der Waals surface area contributed by atoms with Gasteiger partial charge in [0.15, 0.2) is 22.6 Å². The maximum Gasteiger partial charge on any atom is 0.387 e. The fourth-order valence-corrected chi connectivity index (χ4v) is 4.60. The maximum absolute atomic E-state index is 14.1. The lowest BCUT2D eigenvalue weighted by Crippen LogP contribution is -2.30. The second-order valence-electron chi connectivity index (χ2n) is 7.45. The van der Waals surface area contributed by atoms with Crippen LogP contribution in [0.2, 0.25) is 0 Å². The van der Waals surface area contributed by atoms with Gasteiger partial charge >= 0.3 is 6.61 Å². The van der Waals surface area contributed by atoms with Crippen molar-refractivity contribution in [2.24, 2.45) is 0 Å². The number of nitrogens with zero attached hydrogens (tertiary/aromatic N) is 4. The van der Waals surface area contributed by atoms with E-state index in [0.717, 1.165) is 32.0 Å². The van der Waals surface area contributed by atoms with E-state index >= 15 is 0 Å². The number of likely N-dealkylation sites (tertiary alicyclic amines) is 1. The number of hydrogen-bond donors (Lipinski definition) is 0. The average Bonchev–Trinajstić information content (AvgIpc) is 3.18. The van der Waals surface area contributed by atoms with Crippen LogP contribution >= 0.6 is 11.8 Å². The van der Waals surface area contributed by atoms with Crippen LogP contribution in [-0.4, -0.2) is 39.4 Å². The molecule has 1 aliphatic heterocycles. The Morgan fingerprint density at radius 1 is 0.969 bits per heavy atom. The maximum atomic E-state index is 14.1. The molecule has 170 valence electrons. The third-order valence-corrected chi connectivity index (χ3v) is 6.20. The first kappa shape index (κ1) is 22.6. The number of piperidine rings is 1. The highest BCUT2D eigenvalue weighted by Crippen LogP contribution is 2.28. The van der Waals surface area contributed by atoms with Crippen LogP contribution in [0.1, 0.15) is 30.7 Å². The molecular formula is C22H22F4N4OS. The normalized spacial score (nSPS) is 14.8. The standard InChI is InChI=1S/C22H22F4N4OS/c23-18-6-4-5-15(20(18)24)14-32-22-28-27-19(13-29-11-2-1-3-12-29)30(22)16-7-9-17(10-8-16)31-21(25)26/h4-10,21H,1-3,11-14H2. The third-order valence-electron chi connectivity index (χ3n) is 5.22. The van der Waals surface area contributed by atoms with Crippen molar-refractivity contribution >= 4 is 11.8 Å². The lowest BCUT2D eigenvalue weighted by Gasteiger charge is -2.26. The van der Waals surface area contributed by atoms with Crippen molar-refractivity contribution in [3.8, 4) is 11.4 Å². The Kier molecular flexibility index (Phi) is 7.31. The Hall–Kier alpha value is -2.59. The highest BCUT2D eigenvalue weighted by molar-refractivity contribution is 7.98. The molecule has 0 bridgehead atoms. The molecule has 5 nitrogen and oxygen atoms in total. The minimum absolute atomic E-state index is 0.0467. The van der Waals surface area contributed by atoms with Gasteiger partial charge in [0, 0.05) is 17.0 Å². The molecule has 0 spiro atoms. The van der Waals surface area contributed by atoms with Crippen molar-refractivity contribution in [3.63, 3.8) is 0 Å². The Bertz CT molecular complexity index is 1040. The molecule has 0 N–H and O–H groups in total. The zero-order valence-corrected chi connectivity index (χ0v) is 18.0. The van der Waals surface area contributed by atoms with Gasteiger partial charge in [0.1, 0.15) is 5.75 Å². The van der Waals surface area contributed by atoms with Crippen molar-refractivity contribution in [2.75, 3.05) is 13.1 Å². The Morgan fingerprint density at radius 2 is 1.72 bits per heavy atom. The van der Waals surface area contributed by atoms with E-state index < -0.39 is 18.2 Å². The molecule has 1 fully saturated rings. The van der Waals surface area contributed by atoms with E-state index in [-0.39, 0.29) is 17.1 Å². The quantitative estimate of drug-likeness (QED) is 0.327. The number of halogens is 4. The summed E-state index contributed by atoms with van der Waals surface area (Å²) >= 11 is 1.23. The zero-order valence-electron chi connectivity index (χ0n) is 17.2. The lowest BCUT2D eigenvalue weighted by molar-refractivity contribution is -0.0498. The van der Waals surface area contributed by atoms with Crippen molar-refractivity contribution in [1.82, 2.24) is 19.7 Å². The molecule has 3 aromatic rings. The first-order chi connectivity index (χ1) is 15.5. The summed E-state index contributed by atoms with van der Waals surface area (Å²) in [5.41, 5.74) is 0.897. The highest BCUT2D eigenvalue weighted by Gasteiger charge is 2.20. The van der Waals surface area contributed by atoms with E-state index in [2.05, 4.69) is 19.8 Å². The SMILES string of the molecule is Fc1cccc(CSc2nnc(CN3CCCCC3)n2-c2ccc(OC(F)F)cc2)c1F. The lowest BCUT2D eigenvalue weighted by atomic mass is 10.1. The van der Waals surface area contributed by atoms with Gasteiger partial charge in [0.2, 0.25) is 0 Å². The molecule has 0 atom stereocenters. The molecule has 10 heteroatoms. The van der Waals surface area contributed by atoms with Crippen LogP contribution in [0.25, 0.3) is 5.69 Å². The molecule has 0 amide bonds. The van der Waals surface area contributed by atoms with E-state index in [9.17, 15) is 17.6 Å². The van der Waals surface area contributed by atoms with Gasteiger partial charge in [-0.15, -0.1) is 10.2 Å². The summed E-state index contributed by atoms with van der Waals surface area (Å²) in [4.78, 5) is 2.29. The minimum Gasteiger partial charge on any atom is -0.435 e. The van der Waals surface area contributed by atoms with E-state index in [0.29, 0.717) is 23.2 Å². The van der Waals surface area contributed by atoms with Gasteiger partial charge < -0.3 is 4.74 Å². The van der Waals surface area contributed by atoms with Crippen molar-refractivity contribution < 1.29 is 22.3 Å². The molecule has 0 aliphatic carbocycles. The number of rotatable bonds is 8. The van der Waals surface area contributed by atoms with Crippen LogP contribution < -0.4 is 4.74 Å². The molecule has 0 unspecified atom stereocenters. The third kappa shape index (κ3) is 5.42. The Balaban J connectivity index is 1.61. The number of ether oxygens (including phenoxy) is 1. The predicted octanol–water partition coefficient (Wildman–Crippen LogP) is 5.43. The topological polar surface area (TPSA) is 43.2 Å². The number of benzene rings is 2. The summed E-state index contributed by atoms with van der Waals surface area (Å²) < 4.78 is 58.9. The van der Waals surface area contributed by atoms with E-state index in [1.165, 1.54) is 42.4 Å². The van der Waals surface area contributed by atoms with Crippen molar-refractivity contribution in [1.29, 1.82) is 0 Å². The first-order valence-electron chi connectivity index (χ1n) is 10.3. The highest BCUT2D eigenvalue weighted by atomic mass is 32.2. The van der Waals surface area contributed by atoms with Crippen LogP contribution in [0.4, 0.5) is 17.6 Å². The smallest absolute Gasteiger partial charge is 0.387 e. The second kappa shape index (κ2) is 10.4. The molecule has 4 rings (SSSR count). The van der Waals surface area contributed by atoms with Gasteiger partial charge in [-0.25, -0.2) is 8.78 Å². The number of hydrogen-bond acceptors (Lipinski definition) is 5. The predicted molar refractivity (Wildman–Crippen MR) is 113 cm³/mol. The summed E-state index contributed by atoms with van der Waals surface area (Å²) in [5.74, 6) is -0.877. The Morgan fingerprint density at radius 3 is 2.44 bits per heavy atom. The van der Waals surface area contributed by atoms with Gasteiger partial charge in [0.25, 0.3) is 0 Å². The summed E-state index contributed by atoms with van der Waals surface area (Å²) in [7, 11) is 0. The molecule has 1 aliphatic rings. The van der Waals surface area contributed by atoms with Gasteiger partial charge in [-0.3, -0.25) is 9.47 Å². The summed E-state index contributed by atoms with van der Waals surface area (Å²) in [6, 6.07) is 10.3. The van der Waals surface area contributed by atoms with Crippen LogP contribution in [0.3, 0.4) is 0 Å². The Labute approximate surface area is 187 Å². The van der Waals surface area contributed by atoms with E-state index in [1.807, 2.05) is 4.57 Å². The van der Waals surface area contributed by atoms with Crippen LogP contribution in [0.15, 0.2) is 47.6 Å². The average molecular weight is 467 g/mol. The van der Waals surface area contributed by atoms with Gasteiger partial charge in [-0.1, -0.05) is 30.3 Å². The molecule has 32 heavy (non-hydrogen) atoms. The van der Waals surface area contributed by atoms with Crippen LogP contribution in [0, 0.1) is 11.6 Å². The molecule has 2 aromatic carbocycles. The minimum atomic E-state index is -2.90. The van der Waals surface area contributed by atoms with Gasteiger partial charge in [0.05, 0.1) is 6.54 Å². The number of thioether (sulfide) groups is 1. The van der Waals surface area contributed by atoms with E-state index in [1.54, 1.807) is 12.1 Å². The largest absolute Gasteiger partial charge is 0.435 e. The summed E-state index contributed by atoms with van der Waals surface area (Å²) in [6.45, 7) is -0.398. The molecule has 0 radical (unpaired) electrons. The number of alkyl halides is 2. The second-order valence-corrected chi connectivity index (χ2v) is 8.39. The fraction of sp³-hybridized carbons (Fsp3) is 0.364. The molecule has 2 heterocycles. The van der Waals surface area contributed by atoms with E-state index in [4.69, 9.17) is 0 Å². The molecule has 1 saturated heterocycles. The fourth-order valence-electron chi connectivity index (χ4n) is 3.65. The number of aromatic nitrogens is 3. The molecular weight excluding hydrogens is 444 g/mol. The monoisotopic (exact) mass is 466 g/mol.